The van der Waals surface area contributed by atoms with Crippen LogP contribution in [0.25, 0.3) is 0 Å². The maximum atomic E-state index is 12.5. The van der Waals surface area contributed by atoms with Crippen LogP contribution < -0.4 is 15.4 Å². The van der Waals surface area contributed by atoms with Crippen LogP contribution >= 0.6 is 35.6 Å². The molecular formula is C19H29ClF2IN3O3. The predicted octanol–water partition coefficient (Wildman–Crippen LogP) is 4.06. The number of rotatable bonds is 10. The molecule has 0 bridgehead atoms. The number of nitrogens with one attached hydrogen (secondary N) is 2. The summed E-state index contributed by atoms with van der Waals surface area (Å²) in [5.41, 5.74) is 0.524. The molecule has 6 nitrogen and oxygen atoms in total. The monoisotopic (exact) mass is 547 g/mol. The third-order valence-electron chi connectivity index (χ3n) is 4.36. The number of ether oxygens (including phenoxy) is 3. The highest BCUT2D eigenvalue weighted by molar-refractivity contribution is 14.0. The quantitative estimate of drug-likeness (QED) is 0.200. The molecule has 0 aliphatic carbocycles. The summed E-state index contributed by atoms with van der Waals surface area (Å²) in [5, 5.41) is 6.69. The summed E-state index contributed by atoms with van der Waals surface area (Å²) >= 11 is 5.95. The van der Waals surface area contributed by atoms with Gasteiger partial charge in [0.05, 0.1) is 0 Å². The van der Waals surface area contributed by atoms with E-state index in [1.807, 2.05) is 0 Å². The lowest BCUT2D eigenvalue weighted by atomic mass is 10.0. The molecule has 1 aromatic rings. The molecule has 1 saturated heterocycles. The molecule has 2 N–H and O–H groups in total. The van der Waals surface area contributed by atoms with Gasteiger partial charge in [0, 0.05) is 57.2 Å². The van der Waals surface area contributed by atoms with Crippen molar-refractivity contribution in [2.45, 2.75) is 32.4 Å². The Bertz CT molecular complexity index is 620. The normalized spacial score (nSPS) is 15.1. The highest BCUT2D eigenvalue weighted by Crippen LogP contribution is 2.24. The minimum atomic E-state index is -2.89. The van der Waals surface area contributed by atoms with Gasteiger partial charge in [0.15, 0.2) is 5.96 Å². The molecule has 0 saturated carbocycles. The smallest absolute Gasteiger partial charge is 0.387 e. The highest BCUT2D eigenvalue weighted by atomic mass is 127. The van der Waals surface area contributed by atoms with E-state index in [9.17, 15) is 8.78 Å². The maximum Gasteiger partial charge on any atom is 0.387 e. The van der Waals surface area contributed by atoms with E-state index in [1.54, 1.807) is 13.1 Å². The third-order valence-corrected chi connectivity index (χ3v) is 4.60. The minimum absolute atomic E-state index is 0. The minimum Gasteiger partial charge on any atom is -0.434 e. The Labute approximate surface area is 192 Å². The van der Waals surface area contributed by atoms with E-state index in [4.69, 9.17) is 21.1 Å². The van der Waals surface area contributed by atoms with E-state index in [-0.39, 0.29) is 36.3 Å². The zero-order valence-electron chi connectivity index (χ0n) is 16.5. The number of guanidine groups is 1. The molecule has 0 atom stereocenters. The first-order chi connectivity index (χ1) is 13.6. The maximum absolute atomic E-state index is 12.5. The van der Waals surface area contributed by atoms with Gasteiger partial charge >= 0.3 is 6.61 Å². The average molecular weight is 548 g/mol. The molecule has 1 fully saturated rings. The number of alkyl halides is 2. The Morgan fingerprint density at radius 1 is 1.31 bits per heavy atom. The molecule has 10 heteroatoms. The summed E-state index contributed by atoms with van der Waals surface area (Å²) < 4.78 is 40.6. The van der Waals surface area contributed by atoms with E-state index in [2.05, 4.69) is 20.4 Å². The van der Waals surface area contributed by atoms with Gasteiger partial charge in [-0.25, -0.2) is 0 Å². The number of hydrogen-bond acceptors (Lipinski definition) is 4. The molecule has 0 radical (unpaired) electrons. The fraction of sp³-hybridized carbons (Fsp3) is 0.632. The topological polar surface area (TPSA) is 64.1 Å². The summed E-state index contributed by atoms with van der Waals surface area (Å²) in [5.74, 6) is 1.25. The Balaban J connectivity index is 0.00000420. The van der Waals surface area contributed by atoms with Gasteiger partial charge in [-0.1, -0.05) is 11.6 Å². The van der Waals surface area contributed by atoms with Crippen molar-refractivity contribution < 1.29 is 23.0 Å². The van der Waals surface area contributed by atoms with E-state index in [1.165, 1.54) is 12.1 Å². The Morgan fingerprint density at radius 3 is 2.76 bits per heavy atom. The summed E-state index contributed by atoms with van der Waals surface area (Å²) in [6.07, 6.45) is 2.96. The molecule has 0 aromatic heterocycles. The van der Waals surface area contributed by atoms with Crippen molar-refractivity contribution in [1.29, 1.82) is 0 Å². The Morgan fingerprint density at radius 2 is 2.07 bits per heavy atom. The first-order valence-electron chi connectivity index (χ1n) is 9.41. The largest absolute Gasteiger partial charge is 0.434 e. The molecular weight excluding hydrogens is 519 g/mol. The van der Waals surface area contributed by atoms with Gasteiger partial charge < -0.3 is 24.8 Å². The number of halogens is 4. The van der Waals surface area contributed by atoms with Crippen molar-refractivity contribution in [1.82, 2.24) is 10.6 Å². The molecule has 1 heterocycles. The fourth-order valence-corrected chi connectivity index (χ4v) is 3.04. The van der Waals surface area contributed by atoms with E-state index < -0.39 is 6.61 Å². The SMILES string of the molecule is CN=C(NCCCOCC1CCOCC1)NCc1cc(Cl)ccc1OC(F)F.I. The Kier molecular flexibility index (Phi) is 13.5. The second-order valence-corrected chi connectivity index (χ2v) is 6.90. The molecule has 2 rings (SSSR count). The van der Waals surface area contributed by atoms with Crippen molar-refractivity contribution in [3.8, 4) is 5.75 Å². The summed E-state index contributed by atoms with van der Waals surface area (Å²) in [7, 11) is 1.64. The van der Waals surface area contributed by atoms with E-state index in [0.29, 0.717) is 35.6 Å². The standard InChI is InChI=1S/C19H28ClF2N3O3.HI/c1-23-19(24-7-2-8-27-13-14-5-9-26-10-6-14)25-12-15-11-16(20)3-4-17(15)28-18(21)22;/h3-4,11,14,18H,2,5-10,12-13H2,1H3,(H2,23,24,25);1H. The average Bonchev–Trinajstić information content (AvgIpc) is 2.69. The lowest BCUT2D eigenvalue weighted by Gasteiger charge is -2.21. The van der Waals surface area contributed by atoms with Crippen LogP contribution in [0.4, 0.5) is 8.78 Å². The van der Waals surface area contributed by atoms with Crippen LogP contribution in [0.15, 0.2) is 23.2 Å². The van der Waals surface area contributed by atoms with E-state index >= 15 is 0 Å². The highest BCUT2D eigenvalue weighted by Gasteiger charge is 2.13. The fourth-order valence-electron chi connectivity index (χ4n) is 2.84. The Hall–Kier alpha value is -0.910. The number of hydrogen-bond donors (Lipinski definition) is 2. The van der Waals surface area contributed by atoms with Gasteiger partial charge in [0.1, 0.15) is 5.75 Å². The zero-order chi connectivity index (χ0) is 20.2. The molecule has 1 aliphatic heterocycles. The summed E-state index contributed by atoms with van der Waals surface area (Å²) in [6, 6.07) is 4.53. The molecule has 0 amide bonds. The van der Waals surface area contributed by atoms with Crippen LogP contribution in [0.3, 0.4) is 0 Å². The second-order valence-electron chi connectivity index (χ2n) is 6.47. The summed E-state index contributed by atoms with van der Waals surface area (Å²) in [4.78, 5) is 4.13. The number of aliphatic imine (C=N–C) groups is 1. The van der Waals surface area contributed by atoms with Crippen molar-refractivity contribution in [3.05, 3.63) is 28.8 Å². The lowest BCUT2D eigenvalue weighted by Crippen LogP contribution is -2.37. The van der Waals surface area contributed by atoms with E-state index in [0.717, 1.165) is 39.1 Å². The molecule has 29 heavy (non-hydrogen) atoms. The van der Waals surface area contributed by atoms with Crippen LogP contribution in [0.2, 0.25) is 5.02 Å². The van der Waals surface area contributed by atoms with Gasteiger partial charge in [-0.2, -0.15) is 8.78 Å². The first-order valence-corrected chi connectivity index (χ1v) is 9.79. The molecule has 0 spiro atoms. The summed E-state index contributed by atoms with van der Waals surface area (Å²) in [6.45, 7) is 1.15. The van der Waals surface area contributed by atoms with Crippen LogP contribution in [0.5, 0.6) is 5.75 Å². The number of benzene rings is 1. The van der Waals surface area contributed by atoms with Gasteiger partial charge in [-0.05, 0) is 43.4 Å². The molecule has 1 aliphatic rings. The predicted molar refractivity (Wildman–Crippen MR) is 121 cm³/mol. The van der Waals surface area contributed by atoms with Crippen molar-refractivity contribution in [3.63, 3.8) is 0 Å². The molecule has 166 valence electrons. The molecule has 0 unspecified atom stereocenters. The third kappa shape index (κ3) is 10.6. The van der Waals surface area contributed by atoms with Crippen molar-refractivity contribution in [2.75, 3.05) is 40.0 Å². The second kappa shape index (κ2) is 15.0. The van der Waals surface area contributed by atoms with Crippen LogP contribution in [-0.2, 0) is 16.0 Å². The lowest BCUT2D eigenvalue weighted by molar-refractivity contribution is -0.0504. The molecule has 1 aromatic carbocycles. The first kappa shape index (κ1) is 26.1. The van der Waals surface area contributed by atoms with Gasteiger partial charge in [0.2, 0.25) is 0 Å². The zero-order valence-corrected chi connectivity index (χ0v) is 19.6. The van der Waals surface area contributed by atoms with Gasteiger partial charge in [0.25, 0.3) is 0 Å². The van der Waals surface area contributed by atoms with Crippen LogP contribution in [-0.4, -0.2) is 52.6 Å². The van der Waals surface area contributed by atoms with Gasteiger partial charge in [-0.15, -0.1) is 24.0 Å². The van der Waals surface area contributed by atoms with Gasteiger partial charge in [-0.3, -0.25) is 4.99 Å². The number of nitrogens with zero attached hydrogens (tertiary/aromatic N) is 1. The van der Waals surface area contributed by atoms with Crippen LogP contribution in [0, 0.1) is 5.92 Å². The van der Waals surface area contributed by atoms with Crippen molar-refractivity contribution >= 4 is 41.5 Å². The van der Waals surface area contributed by atoms with Crippen LogP contribution in [0.1, 0.15) is 24.8 Å². The van der Waals surface area contributed by atoms with Crippen molar-refractivity contribution in [2.24, 2.45) is 10.9 Å².